The van der Waals surface area contributed by atoms with Gasteiger partial charge in [-0.2, -0.15) is 0 Å². The number of carbonyl (C=O) groups is 1. The van der Waals surface area contributed by atoms with Crippen molar-refractivity contribution in [2.45, 2.75) is 6.61 Å². The van der Waals surface area contributed by atoms with Crippen LogP contribution in [0.2, 0.25) is 5.02 Å². The first-order chi connectivity index (χ1) is 11.1. The standard InChI is InChI=1S/C17H11ClFNO3/c18-13-5-3-6-14(19)12(13)9-23-17(22)11-8-16(21)20-15-7-2-1-4-10(11)15/h1-8H,9H2,(H,20,21). The molecule has 2 aromatic carbocycles. The summed E-state index contributed by atoms with van der Waals surface area (Å²) in [6.07, 6.45) is 0. The topological polar surface area (TPSA) is 59.2 Å². The highest BCUT2D eigenvalue weighted by atomic mass is 35.5. The summed E-state index contributed by atoms with van der Waals surface area (Å²) in [6, 6.07) is 12.2. The number of nitrogens with one attached hydrogen (secondary N) is 1. The summed E-state index contributed by atoms with van der Waals surface area (Å²) in [5, 5.41) is 0.727. The van der Waals surface area contributed by atoms with E-state index in [9.17, 15) is 14.0 Å². The second-order valence-corrected chi connectivity index (χ2v) is 5.28. The van der Waals surface area contributed by atoms with E-state index < -0.39 is 17.3 Å². The lowest BCUT2D eigenvalue weighted by atomic mass is 10.1. The normalized spacial score (nSPS) is 10.7. The van der Waals surface area contributed by atoms with Crippen LogP contribution in [0, 0.1) is 5.82 Å². The maximum Gasteiger partial charge on any atom is 0.339 e. The Morgan fingerprint density at radius 2 is 1.96 bits per heavy atom. The third-order valence-corrected chi connectivity index (χ3v) is 3.73. The number of carbonyl (C=O) groups excluding carboxylic acids is 1. The minimum Gasteiger partial charge on any atom is -0.457 e. The molecule has 0 bridgehead atoms. The molecule has 0 radical (unpaired) electrons. The molecule has 116 valence electrons. The quantitative estimate of drug-likeness (QED) is 0.745. The molecule has 0 spiro atoms. The number of aromatic nitrogens is 1. The lowest BCUT2D eigenvalue weighted by molar-refractivity contribution is 0.0471. The van der Waals surface area contributed by atoms with Crippen molar-refractivity contribution in [2.24, 2.45) is 0 Å². The molecule has 1 heterocycles. The van der Waals surface area contributed by atoms with Gasteiger partial charge in [0.15, 0.2) is 0 Å². The highest BCUT2D eigenvalue weighted by Gasteiger charge is 2.15. The zero-order valence-corrected chi connectivity index (χ0v) is 12.6. The van der Waals surface area contributed by atoms with E-state index in [-0.39, 0.29) is 22.8 Å². The van der Waals surface area contributed by atoms with Gasteiger partial charge in [0.25, 0.3) is 0 Å². The maximum absolute atomic E-state index is 13.7. The summed E-state index contributed by atoms with van der Waals surface area (Å²) in [6.45, 7) is -0.314. The number of fused-ring (bicyclic) bond motifs is 1. The van der Waals surface area contributed by atoms with Crippen molar-refractivity contribution in [3.8, 4) is 0 Å². The van der Waals surface area contributed by atoms with Crippen LogP contribution in [0.4, 0.5) is 4.39 Å². The zero-order chi connectivity index (χ0) is 16.4. The van der Waals surface area contributed by atoms with E-state index in [0.717, 1.165) is 6.07 Å². The van der Waals surface area contributed by atoms with Crippen molar-refractivity contribution >= 4 is 28.5 Å². The second-order valence-electron chi connectivity index (χ2n) is 4.87. The Kier molecular flexibility index (Phi) is 4.12. The highest BCUT2D eigenvalue weighted by Crippen LogP contribution is 2.21. The average Bonchev–Trinajstić information content (AvgIpc) is 2.53. The Balaban J connectivity index is 1.91. The molecule has 1 aromatic heterocycles. The molecular formula is C17H11ClFNO3. The maximum atomic E-state index is 13.7. The predicted octanol–water partition coefficient (Wildman–Crippen LogP) is 3.68. The van der Waals surface area contributed by atoms with Crippen LogP contribution >= 0.6 is 11.6 Å². The van der Waals surface area contributed by atoms with Gasteiger partial charge in [-0.1, -0.05) is 35.9 Å². The number of rotatable bonds is 3. The summed E-state index contributed by atoms with van der Waals surface area (Å²) in [7, 11) is 0. The highest BCUT2D eigenvalue weighted by molar-refractivity contribution is 6.31. The van der Waals surface area contributed by atoms with E-state index in [0.29, 0.717) is 10.9 Å². The summed E-state index contributed by atoms with van der Waals surface area (Å²) in [4.78, 5) is 26.5. The van der Waals surface area contributed by atoms with Gasteiger partial charge in [-0.15, -0.1) is 0 Å². The zero-order valence-electron chi connectivity index (χ0n) is 11.8. The first kappa shape index (κ1) is 15.2. The van der Waals surface area contributed by atoms with E-state index in [1.807, 2.05) is 0 Å². The lowest BCUT2D eigenvalue weighted by Crippen LogP contribution is -2.13. The Labute approximate surface area is 135 Å². The van der Waals surface area contributed by atoms with Gasteiger partial charge in [-0.05, 0) is 18.2 Å². The summed E-state index contributed by atoms with van der Waals surface area (Å²) in [5.41, 5.74) is 0.323. The van der Waals surface area contributed by atoms with Gasteiger partial charge in [0.1, 0.15) is 12.4 Å². The lowest BCUT2D eigenvalue weighted by Gasteiger charge is -2.09. The molecular weight excluding hydrogens is 321 g/mol. The van der Waals surface area contributed by atoms with Gasteiger partial charge in [-0.25, -0.2) is 9.18 Å². The first-order valence-electron chi connectivity index (χ1n) is 6.78. The Bertz CT molecular complexity index is 932. The molecule has 6 heteroatoms. The molecule has 0 aliphatic carbocycles. The molecule has 3 rings (SSSR count). The number of pyridine rings is 1. The van der Waals surface area contributed by atoms with Crippen molar-refractivity contribution in [3.63, 3.8) is 0 Å². The number of aromatic amines is 1. The summed E-state index contributed by atoms with van der Waals surface area (Å²) in [5.74, 6) is -1.27. The molecule has 0 atom stereocenters. The molecule has 0 amide bonds. The van der Waals surface area contributed by atoms with E-state index in [4.69, 9.17) is 16.3 Å². The van der Waals surface area contributed by atoms with Crippen molar-refractivity contribution in [2.75, 3.05) is 0 Å². The van der Waals surface area contributed by atoms with Crippen LogP contribution < -0.4 is 5.56 Å². The van der Waals surface area contributed by atoms with E-state index >= 15 is 0 Å². The number of benzene rings is 2. The minimum absolute atomic E-state index is 0.0941. The molecule has 0 unspecified atom stereocenters. The minimum atomic E-state index is -0.716. The number of halogens is 2. The van der Waals surface area contributed by atoms with Crippen LogP contribution in [0.3, 0.4) is 0 Å². The third kappa shape index (κ3) is 3.10. The fourth-order valence-electron chi connectivity index (χ4n) is 2.26. The van der Waals surface area contributed by atoms with Crippen molar-refractivity contribution in [3.05, 3.63) is 80.9 Å². The number of esters is 1. The molecule has 0 aliphatic rings. The summed E-state index contributed by atoms with van der Waals surface area (Å²) >= 11 is 5.89. The van der Waals surface area contributed by atoms with E-state index in [2.05, 4.69) is 4.98 Å². The van der Waals surface area contributed by atoms with Crippen molar-refractivity contribution in [1.29, 1.82) is 0 Å². The molecule has 4 nitrogen and oxygen atoms in total. The largest absolute Gasteiger partial charge is 0.457 e. The molecule has 0 saturated carbocycles. The Morgan fingerprint density at radius 1 is 1.17 bits per heavy atom. The molecule has 0 saturated heterocycles. The van der Waals surface area contributed by atoms with Gasteiger partial charge in [0.05, 0.1) is 10.6 Å². The molecule has 0 fully saturated rings. The smallest absolute Gasteiger partial charge is 0.339 e. The number of ether oxygens (including phenoxy) is 1. The third-order valence-electron chi connectivity index (χ3n) is 3.38. The van der Waals surface area contributed by atoms with Crippen LogP contribution in [0.15, 0.2) is 53.3 Å². The van der Waals surface area contributed by atoms with Gasteiger partial charge in [0, 0.05) is 22.5 Å². The summed E-state index contributed by atoms with van der Waals surface area (Å²) < 4.78 is 18.8. The van der Waals surface area contributed by atoms with Crippen LogP contribution in [0.1, 0.15) is 15.9 Å². The first-order valence-corrected chi connectivity index (χ1v) is 7.16. The number of hydrogen-bond acceptors (Lipinski definition) is 3. The van der Waals surface area contributed by atoms with Gasteiger partial charge < -0.3 is 9.72 Å². The molecule has 3 aromatic rings. The van der Waals surface area contributed by atoms with Crippen LogP contribution in [0.25, 0.3) is 10.9 Å². The van der Waals surface area contributed by atoms with Crippen LogP contribution in [-0.2, 0) is 11.3 Å². The van der Waals surface area contributed by atoms with Gasteiger partial charge >= 0.3 is 5.97 Å². The fraction of sp³-hybridized carbons (Fsp3) is 0.0588. The van der Waals surface area contributed by atoms with Crippen LogP contribution in [-0.4, -0.2) is 11.0 Å². The molecule has 1 N–H and O–H groups in total. The van der Waals surface area contributed by atoms with E-state index in [1.165, 1.54) is 18.2 Å². The van der Waals surface area contributed by atoms with Gasteiger partial charge in [0.2, 0.25) is 5.56 Å². The number of hydrogen-bond donors (Lipinski definition) is 1. The number of para-hydroxylation sites is 1. The van der Waals surface area contributed by atoms with Crippen molar-refractivity contribution in [1.82, 2.24) is 4.98 Å². The average molecular weight is 332 g/mol. The van der Waals surface area contributed by atoms with Crippen molar-refractivity contribution < 1.29 is 13.9 Å². The molecule has 23 heavy (non-hydrogen) atoms. The van der Waals surface area contributed by atoms with Gasteiger partial charge in [-0.3, -0.25) is 4.79 Å². The monoisotopic (exact) mass is 331 g/mol. The SMILES string of the molecule is O=C(OCc1c(F)cccc1Cl)c1cc(=O)[nH]c2ccccc12. The van der Waals surface area contributed by atoms with E-state index in [1.54, 1.807) is 24.3 Å². The Hall–Kier alpha value is -2.66. The number of H-pyrrole nitrogens is 1. The predicted molar refractivity (Wildman–Crippen MR) is 85.1 cm³/mol. The second kappa shape index (κ2) is 6.22. The fourth-order valence-corrected chi connectivity index (χ4v) is 2.48. The Morgan fingerprint density at radius 3 is 2.74 bits per heavy atom. The molecule has 0 aliphatic heterocycles. The van der Waals surface area contributed by atoms with Crippen LogP contribution in [0.5, 0.6) is 0 Å².